The summed E-state index contributed by atoms with van der Waals surface area (Å²) in [7, 11) is 1.92. The summed E-state index contributed by atoms with van der Waals surface area (Å²) >= 11 is 0. The van der Waals surface area contributed by atoms with Crippen LogP contribution in [0.1, 0.15) is 47.9 Å². The molecule has 4 rings (SSSR count). The molecule has 1 amide bonds. The fourth-order valence-corrected chi connectivity index (χ4v) is 4.50. The van der Waals surface area contributed by atoms with Gasteiger partial charge >= 0.3 is 0 Å². The molecule has 2 N–H and O–H groups in total. The molecule has 2 aliphatic heterocycles. The summed E-state index contributed by atoms with van der Waals surface area (Å²) in [6.07, 6.45) is 8.49. The van der Waals surface area contributed by atoms with Crippen molar-refractivity contribution in [1.29, 1.82) is 0 Å². The van der Waals surface area contributed by atoms with E-state index >= 15 is 0 Å². The molecule has 4 heterocycles. The molecule has 0 bridgehead atoms. The first kappa shape index (κ1) is 20.9. The van der Waals surface area contributed by atoms with Gasteiger partial charge in [-0.2, -0.15) is 5.10 Å². The van der Waals surface area contributed by atoms with Crippen molar-refractivity contribution in [2.24, 2.45) is 7.05 Å². The van der Waals surface area contributed by atoms with E-state index in [9.17, 15) is 9.90 Å². The van der Waals surface area contributed by atoms with E-state index in [0.717, 1.165) is 32.5 Å². The molecule has 2 aromatic rings. The molecule has 1 spiro atoms. The highest BCUT2D eigenvalue weighted by molar-refractivity contribution is 5.94. The van der Waals surface area contributed by atoms with E-state index in [2.05, 4.69) is 25.3 Å². The molecular formula is C21H30N6O3. The van der Waals surface area contributed by atoms with Crippen LogP contribution in [-0.4, -0.2) is 72.6 Å². The lowest BCUT2D eigenvalue weighted by Crippen LogP contribution is -2.65. The number of rotatable bonds is 4. The van der Waals surface area contributed by atoms with Gasteiger partial charge in [-0.15, -0.1) is 0 Å². The number of ether oxygens (including phenoxy) is 1. The molecule has 2 fully saturated rings. The summed E-state index contributed by atoms with van der Waals surface area (Å²) in [6.45, 7) is 6.56. The maximum Gasteiger partial charge on any atom is 0.254 e. The van der Waals surface area contributed by atoms with Crippen LogP contribution >= 0.6 is 0 Å². The summed E-state index contributed by atoms with van der Waals surface area (Å²) in [5, 5.41) is 17.9. The Balaban J connectivity index is 1.40. The normalized spacial score (nSPS) is 26.6. The first-order valence-electron chi connectivity index (χ1n) is 10.4. The summed E-state index contributed by atoms with van der Waals surface area (Å²) in [4.78, 5) is 23.3. The smallest absolute Gasteiger partial charge is 0.254 e. The van der Waals surface area contributed by atoms with Gasteiger partial charge in [0.1, 0.15) is 11.9 Å². The van der Waals surface area contributed by atoms with Crippen molar-refractivity contribution >= 4 is 5.91 Å². The van der Waals surface area contributed by atoms with Crippen molar-refractivity contribution in [3.8, 4) is 0 Å². The van der Waals surface area contributed by atoms with Crippen LogP contribution < -0.4 is 5.32 Å². The number of aromatic nitrogens is 4. The predicted molar refractivity (Wildman–Crippen MR) is 110 cm³/mol. The summed E-state index contributed by atoms with van der Waals surface area (Å²) in [5.41, 5.74) is 0.481. The standard InChI is InChI=1S/C21H30N6O3/c1-15-22-9-17(10-23-15)19(29)25-20(2)14-21(30-13-18(20)28)4-6-27(7-5-21)12-16-8-24-26(3)11-16/h8-11,18,28H,4-7,12-14H2,1-3H3,(H,25,29)/t18-,20-/m1/s1. The third-order valence-electron chi connectivity index (χ3n) is 6.35. The maximum atomic E-state index is 12.7. The zero-order valence-electron chi connectivity index (χ0n) is 17.8. The van der Waals surface area contributed by atoms with E-state index in [1.807, 2.05) is 31.0 Å². The number of likely N-dealkylation sites (tertiary alicyclic amines) is 1. The number of nitrogens with one attached hydrogen (secondary N) is 1. The fourth-order valence-electron chi connectivity index (χ4n) is 4.50. The van der Waals surface area contributed by atoms with Gasteiger partial charge in [-0.05, 0) is 26.7 Å². The third kappa shape index (κ3) is 4.38. The molecule has 30 heavy (non-hydrogen) atoms. The highest BCUT2D eigenvalue weighted by atomic mass is 16.5. The molecule has 2 aliphatic rings. The van der Waals surface area contributed by atoms with Gasteiger partial charge in [-0.1, -0.05) is 0 Å². The lowest BCUT2D eigenvalue weighted by molar-refractivity contribution is -0.177. The van der Waals surface area contributed by atoms with Crippen molar-refractivity contribution in [3.05, 3.63) is 41.7 Å². The van der Waals surface area contributed by atoms with Crippen molar-refractivity contribution in [2.45, 2.75) is 56.9 Å². The Hall–Kier alpha value is -2.36. The van der Waals surface area contributed by atoms with E-state index in [0.29, 0.717) is 17.8 Å². The lowest BCUT2D eigenvalue weighted by Gasteiger charge is -2.52. The van der Waals surface area contributed by atoms with Gasteiger partial charge in [0.2, 0.25) is 0 Å². The Kier molecular flexibility index (Phi) is 5.61. The molecule has 2 aromatic heterocycles. The molecule has 0 saturated carbocycles. The summed E-state index contributed by atoms with van der Waals surface area (Å²) in [6, 6.07) is 0. The number of aryl methyl sites for hydroxylation is 2. The number of piperidine rings is 1. The van der Waals surface area contributed by atoms with Crippen molar-refractivity contribution in [2.75, 3.05) is 19.7 Å². The summed E-state index contributed by atoms with van der Waals surface area (Å²) in [5.74, 6) is 0.337. The van der Waals surface area contributed by atoms with Crippen LogP contribution in [0.15, 0.2) is 24.8 Å². The van der Waals surface area contributed by atoms with Crippen LogP contribution in [0.25, 0.3) is 0 Å². The number of carbonyl (C=O) groups is 1. The van der Waals surface area contributed by atoms with Crippen LogP contribution in [0.2, 0.25) is 0 Å². The Morgan fingerprint density at radius 1 is 1.30 bits per heavy atom. The van der Waals surface area contributed by atoms with Crippen molar-refractivity contribution in [3.63, 3.8) is 0 Å². The number of nitrogens with zero attached hydrogens (tertiary/aromatic N) is 5. The highest BCUT2D eigenvalue weighted by Gasteiger charge is 2.50. The third-order valence-corrected chi connectivity index (χ3v) is 6.35. The number of aliphatic hydroxyl groups excluding tert-OH is 1. The van der Waals surface area contributed by atoms with Gasteiger partial charge in [0, 0.05) is 57.3 Å². The monoisotopic (exact) mass is 414 g/mol. The molecule has 2 atom stereocenters. The molecule has 9 nitrogen and oxygen atoms in total. The first-order valence-corrected chi connectivity index (χ1v) is 10.4. The zero-order chi connectivity index (χ0) is 21.4. The van der Waals surface area contributed by atoms with Crippen LogP contribution in [0.4, 0.5) is 0 Å². The highest BCUT2D eigenvalue weighted by Crippen LogP contribution is 2.40. The Labute approximate surface area is 176 Å². The van der Waals surface area contributed by atoms with Crippen molar-refractivity contribution < 1.29 is 14.6 Å². The second kappa shape index (κ2) is 8.05. The molecule has 0 aromatic carbocycles. The number of hydrogen-bond donors (Lipinski definition) is 2. The van der Waals surface area contributed by atoms with Gasteiger partial charge in [-0.25, -0.2) is 9.97 Å². The first-order chi connectivity index (χ1) is 14.3. The van der Waals surface area contributed by atoms with E-state index in [4.69, 9.17) is 4.74 Å². The van der Waals surface area contributed by atoms with Gasteiger partial charge in [0.25, 0.3) is 5.91 Å². The molecule has 2 saturated heterocycles. The van der Waals surface area contributed by atoms with Crippen LogP contribution in [0.3, 0.4) is 0 Å². The van der Waals surface area contributed by atoms with E-state index in [-0.39, 0.29) is 18.1 Å². The number of amides is 1. The summed E-state index contributed by atoms with van der Waals surface area (Å²) < 4.78 is 7.97. The largest absolute Gasteiger partial charge is 0.388 e. The molecule has 162 valence electrons. The minimum atomic E-state index is -0.772. The number of carbonyl (C=O) groups excluding carboxylic acids is 1. The van der Waals surface area contributed by atoms with Gasteiger partial charge in [-0.3, -0.25) is 14.4 Å². The molecule has 9 heteroatoms. The maximum absolute atomic E-state index is 12.7. The quantitative estimate of drug-likeness (QED) is 0.763. The Bertz CT molecular complexity index is 890. The Morgan fingerprint density at radius 3 is 2.63 bits per heavy atom. The Morgan fingerprint density at radius 2 is 2.00 bits per heavy atom. The minimum Gasteiger partial charge on any atom is -0.388 e. The second-order valence-electron chi connectivity index (χ2n) is 8.88. The zero-order valence-corrected chi connectivity index (χ0v) is 17.8. The van der Waals surface area contributed by atoms with Crippen LogP contribution in [-0.2, 0) is 18.3 Å². The van der Waals surface area contributed by atoms with Gasteiger partial charge < -0.3 is 15.2 Å². The molecule has 0 aliphatic carbocycles. The predicted octanol–water partition coefficient (Wildman–Crippen LogP) is 0.823. The van der Waals surface area contributed by atoms with Crippen LogP contribution in [0.5, 0.6) is 0 Å². The van der Waals surface area contributed by atoms with E-state index < -0.39 is 11.6 Å². The average molecular weight is 415 g/mol. The van der Waals surface area contributed by atoms with Crippen molar-refractivity contribution in [1.82, 2.24) is 30.0 Å². The van der Waals surface area contributed by atoms with Gasteiger partial charge in [0.15, 0.2) is 0 Å². The SMILES string of the molecule is Cc1ncc(C(=O)N[C@]2(C)CC3(CCN(Cc4cnn(C)c4)CC3)OC[C@H]2O)cn1. The van der Waals surface area contributed by atoms with E-state index in [1.165, 1.54) is 18.0 Å². The minimum absolute atomic E-state index is 0.212. The topological polar surface area (TPSA) is 105 Å². The average Bonchev–Trinajstić information content (AvgIpc) is 3.12. The molecular weight excluding hydrogens is 384 g/mol. The molecule has 0 unspecified atom stereocenters. The number of hydrogen-bond acceptors (Lipinski definition) is 7. The second-order valence-corrected chi connectivity index (χ2v) is 8.88. The fraction of sp³-hybridized carbons (Fsp3) is 0.619. The van der Waals surface area contributed by atoms with Gasteiger partial charge in [0.05, 0.1) is 29.5 Å². The number of aliphatic hydroxyl groups is 1. The van der Waals surface area contributed by atoms with Crippen LogP contribution in [0, 0.1) is 6.92 Å². The lowest BCUT2D eigenvalue weighted by atomic mass is 9.74. The van der Waals surface area contributed by atoms with E-state index in [1.54, 1.807) is 6.92 Å². The molecule has 0 radical (unpaired) electrons.